The normalized spacial score (nSPS) is 23.2. The molecule has 1 aromatic rings. The second-order valence-electron chi connectivity index (χ2n) is 6.50. The third-order valence-electron chi connectivity index (χ3n) is 4.85. The van der Waals surface area contributed by atoms with Crippen molar-refractivity contribution in [2.75, 3.05) is 6.54 Å². The molecule has 1 aliphatic heterocycles. The van der Waals surface area contributed by atoms with Crippen LogP contribution in [0.2, 0.25) is 0 Å². The molecular formula is C16H24N4O2. The summed E-state index contributed by atoms with van der Waals surface area (Å²) in [5.41, 5.74) is 1.07. The molecule has 0 spiro atoms. The Morgan fingerprint density at radius 2 is 2.09 bits per heavy atom. The van der Waals surface area contributed by atoms with Crippen LogP contribution in [0.25, 0.3) is 0 Å². The Kier molecular flexibility index (Phi) is 4.18. The molecule has 1 N–H and O–H groups in total. The quantitative estimate of drug-likeness (QED) is 0.914. The van der Waals surface area contributed by atoms with Gasteiger partial charge >= 0.3 is 0 Å². The third-order valence-corrected chi connectivity index (χ3v) is 4.85. The summed E-state index contributed by atoms with van der Waals surface area (Å²) < 4.78 is 1.76. The molecule has 0 radical (unpaired) electrons. The lowest BCUT2D eigenvalue weighted by molar-refractivity contribution is -0.138. The van der Waals surface area contributed by atoms with E-state index in [2.05, 4.69) is 10.4 Å². The van der Waals surface area contributed by atoms with Crippen molar-refractivity contribution < 1.29 is 9.59 Å². The van der Waals surface area contributed by atoms with Crippen molar-refractivity contribution in [2.45, 2.75) is 51.1 Å². The molecule has 2 aliphatic rings. The van der Waals surface area contributed by atoms with Gasteiger partial charge in [0.2, 0.25) is 11.8 Å². The van der Waals surface area contributed by atoms with Gasteiger partial charge in [-0.05, 0) is 32.6 Å². The van der Waals surface area contributed by atoms with Gasteiger partial charge in [0.1, 0.15) is 6.04 Å². The number of carbonyl (C=O) groups is 2. The van der Waals surface area contributed by atoms with Gasteiger partial charge in [-0.2, -0.15) is 5.10 Å². The zero-order valence-corrected chi connectivity index (χ0v) is 13.3. The van der Waals surface area contributed by atoms with Crippen molar-refractivity contribution in [3.05, 3.63) is 18.0 Å². The number of carbonyl (C=O) groups excluding carboxylic acids is 2. The van der Waals surface area contributed by atoms with Gasteiger partial charge in [0.25, 0.3) is 0 Å². The number of nitrogens with zero attached hydrogens (tertiary/aromatic N) is 3. The summed E-state index contributed by atoms with van der Waals surface area (Å²) in [5, 5.41) is 7.08. The Balaban J connectivity index is 1.63. The highest BCUT2D eigenvalue weighted by molar-refractivity contribution is 5.88. The highest BCUT2D eigenvalue weighted by Gasteiger charge is 2.34. The van der Waals surface area contributed by atoms with Crippen LogP contribution in [0, 0.1) is 5.92 Å². The summed E-state index contributed by atoms with van der Waals surface area (Å²) >= 11 is 0. The Morgan fingerprint density at radius 3 is 2.68 bits per heavy atom. The predicted molar refractivity (Wildman–Crippen MR) is 81.8 cm³/mol. The molecule has 0 aromatic carbocycles. The molecule has 1 aromatic heterocycles. The molecular weight excluding hydrogens is 280 g/mol. The molecule has 1 saturated carbocycles. The first-order valence-electron chi connectivity index (χ1n) is 8.15. The second-order valence-corrected chi connectivity index (χ2v) is 6.50. The Hall–Kier alpha value is -1.85. The zero-order chi connectivity index (χ0) is 15.7. The minimum Gasteiger partial charge on any atom is -0.344 e. The van der Waals surface area contributed by atoms with Crippen LogP contribution in [0.3, 0.4) is 0 Å². The Labute approximate surface area is 130 Å². The molecule has 6 heteroatoms. The van der Waals surface area contributed by atoms with Gasteiger partial charge in [0.05, 0.1) is 12.2 Å². The molecule has 2 unspecified atom stereocenters. The predicted octanol–water partition coefficient (Wildman–Crippen LogP) is 1.39. The molecule has 1 aliphatic carbocycles. The number of rotatable bonds is 4. The maximum absolute atomic E-state index is 12.7. The van der Waals surface area contributed by atoms with Gasteiger partial charge in [0.15, 0.2) is 0 Å². The molecule has 0 bridgehead atoms. The number of hydrogen-bond donors (Lipinski definition) is 1. The van der Waals surface area contributed by atoms with Crippen molar-refractivity contribution in [1.29, 1.82) is 0 Å². The van der Waals surface area contributed by atoms with E-state index in [1.807, 2.05) is 24.3 Å². The summed E-state index contributed by atoms with van der Waals surface area (Å²) in [7, 11) is 1.88. The first kappa shape index (κ1) is 15.1. The van der Waals surface area contributed by atoms with E-state index in [0.717, 1.165) is 44.2 Å². The lowest BCUT2D eigenvalue weighted by Crippen LogP contribution is -2.49. The van der Waals surface area contributed by atoms with E-state index in [0.29, 0.717) is 0 Å². The fraction of sp³-hybridized carbons (Fsp3) is 0.688. The fourth-order valence-corrected chi connectivity index (χ4v) is 3.30. The van der Waals surface area contributed by atoms with Crippen LogP contribution in [0.15, 0.2) is 12.4 Å². The SMILES string of the molecule is CC(NC(=O)C1CCC1)C(=O)N1CCCC1c1cnn(C)c1. The lowest BCUT2D eigenvalue weighted by Gasteiger charge is -2.30. The summed E-state index contributed by atoms with van der Waals surface area (Å²) in [6.45, 7) is 2.54. The molecule has 120 valence electrons. The van der Waals surface area contributed by atoms with Crippen LogP contribution in [-0.2, 0) is 16.6 Å². The van der Waals surface area contributed by atoms with Crippen LogP contribution >= 0.6 is 0 Å². The molecule has 2 atom stereocenters. The summed E-state index contributed by atoms with van der Waals surface area (Å²) in [5.74, 6) is 0.159. The summed E-state index contributed by atoms with van der Waals surface area (Å²) in [6.07, 6.45) is 8.77. The van der Waals surface area contributed by atoms with Gasteiger partial charge in [0, 0.05) is 31.3 Å². The molecule has 3 rings (SSSR count). The second kappa shape index (κ2) is 6.10. The molecule has 2 amide bonds. The summed E-state index contributed by atoms with van der Waals surface area (Å²) in [4.78, 5) is 26.6. The molecule has 1 saturated heterocycles. The van der Waals surface area contributed by atoms with Crippen molar-refractivity contribution in [3.8, 4) is 0 Å². The van der Waals surface area contributed by atoms with Crippen molar-refractivity contribution >= 4 is 11.8 Å². The highest BCUT2D eigenvalue weighted by Crippen LogP contribution is 2.32. The average Bonchev–Trinajstić information content (AvgIpc) is 3.03. The number of aryl methyl sites for hydroxylation is 1. The van der Waals surface area contributed by atoms with Crippen LogP contribution in [0.4, 0.5) is 0 Å². The molecule has 2 fully saturated rings. The van der Waals surface area contributed by atoms with Crippen molar-refractivity contribution in [2.24, 2.45) is 13.0 Å². The third kappa shape index (κ3) is 2.87. The average molecular weight is 304 g/mol. The Morgan fingerprint density at radius 1 is 1.32 bits per heavy atom. The topological polar surface area (TPSA) is 67.2 Å². The first-order chi connectivity index (χ1) is 10.6. The number of likely N-dealkylation sites (tertiary alicyclic amines) is 1. The smallest absolute Gasteiger partial charge is 0.245 e. The lowest BCUT2D eigenvalue weighted by atomic mass is 9.84. The van der Waals surface area contributed by atoms with Gasteiger partial charge < -0.3 is 10.2 Å². The van der Waals surface area contributed by atoms with E-state index >= 15 is 0 Å². The van der Waals surface area contributed by atoms with Gasteiger partial charge in [-0.15, -0.1) is 0 Å². The van der Waals surface area contributed by atoms with Crippen LogP contribution < -0.4 is 5.32 Å². The van der Waals surface area contributed by atoms with Gasteiger partial charge in [-0.1, -0.05) is 6.42 Å². The number of nitrogens with one attached hydrogen (secondary N) is 1. The first-order valence-corrected chi connectivity index (χ1v) is 8.15. The van der Waals surface area contributed by atoms with E-state index in [4.69, 9.17) is 0 Å². The maximum Gasteiger partial charge on any atom is 0.245 e. The van der Waals surface area contributed by atoms with E-state index in [9.17, 15) is 9.59 Å². The molecule has 22 heavy (non-hydrogen) atoms. The number of hydrogen-bond acceptors (Lipinski definition) is 3. The van der Waals surface area contributed by atoms with E-state index in [1.54, 1.807) is 11.6 Å². The Bertz CT molecular complexity index is 564. The van der Waals surface area contributed by atoms with Gasteiger partial charge in [-0.25, -0.2) is 0 Å². The van der Waals surface area contributed by atoms with Gasteiger partial charge in [-0.3, -0.25) is 14.3 Å². The van der Waals surface area contributed by atoms with E-state index in [-0.39, 0.29) is 23.8 Å². The largest absolute Gasteiger partial charge is 0.344 e. The molecule has 2 heterocycles. The highest BCUT2D eigenvalue weighted by atomic mass is 16.2. The standard InChI is InChI=1S/C16H24N4O2/c1-11(18-15(21)12-5-3-6-12)16(22)20-8-4-7-14(20)13-9-17-19(2)10-13/h9-12,14H,3-8H2,1-2H3,(H,18,21). The van der Waals surface area contributed by atoms with E-state index < -0.39 is 6.04 Å². The minimum absolute atomic E-state index is 0.0130. The summed E-state index contributed by atoms with van der Waals surface area (Å²) in [6, 6.07) is -0.366. The van der Waals surface area contributed by atoms with Crippen LogP contribution in [0.5, 0.6) is 0 Å². The minimum atomic E-state index is -0.453. The number of amides is 2. The van der Waals surface area contributed by atoms with Crippen molar-refractivity contribution in [3.63, 3.8) is 0 Å². The number of aromatic nitrogens is 2. The van der Waals surface area contributed by atoms with Crippen LogP contribution in [0.1, 0.15) is 50.6 Å². The molecule has 6 nitrogen and oxygen atoms in total. The van der Waals surface area contributed by atoms with E-state index in [1.165, 1.54) is 0 Å². The monoisotopic (exact) mass is 304 g/mol. The zero-order valence-electron chi connectivity index (χ0n) is 13.3. The fourth-order valence-electron chi connectivity index (χ4n) is 3.30. The van der Waals surface area contributed by atoms with Crippen molar-refractivity contribution in [1.82, 2.24) is 20.0 Å². The maximum atomic E-state index is 12.7. The van der Waals surface area contributed by atoms with Crippen LogP contribution in [-0.4, -0.2) is 39.1 Å².